The van der Waals surface area contributed by atoms with E-state index in [1.807, 2.05) is 13.4 Å². The van der Waals surface area contributed by atoms with Crippen LogP contribution in [0.2, 0.25) is 0 Å². The number of nitrogens with one attached hydrogen (secondary N) is 1. The molecule has 0 saturated heterocycles. The second-order valence-electron chi connectivity index (χ2n) is 6.88. The highest BCUT2D eigenvalue weighted by atomic mass is 16.5. The summed E-state index contributed by atoms with van der Waals surface area (Å²) >= 11 is 0. The number of furan rings is 1. The van der Waals surface area contributed by atoms with Crippen molar-refractivity contribution in [1.82, 2.24) is 5.32 Å². The smallest absolute Gasteiger partial charge is 0.0951 e. The van der Waals surface area contributed by atoms with Crippen molar-refractivity contribution in [3.63, 3.8) is 0 Å². The van der Waals surface area contributed by atoms with E-state index in [1.165, 1.54) is 18.4 Å². The molecule has 0 aliphatic heterocycles. The van der Waals surface area contributed by atoms with E-state index in [2.05, 4.69) is 32.2 Å². The molecule has 1 aliphatic rings. The van der Waals surface area contributed by atoms with E-state index in [0.717, 1.165) is 25.8 Å². The molecule has 20 heavy (non-hydrogen) atoms. The summed E-state index contributed by atoms with van der Waals surface area (Å²) in [6, 6.07) is 2.29. The van der Waals surface area contributed by atoms with Gasteiger partial charge in [-0.15, -0.1) is 0 Å². The molecule has 0 bridgehead atoms. The maximum atomic E-state index is 6.05. The lowest BCUT2D eigenvalue weighted by Crippen LogP contribution is -2.49. The van der Waals surface area contributed by atoms with Crippen molar-refractivity contribution in [3.8, 4) is 0 Å². The molecule has 0 spiro atoms. The van der Waals surface area contributed by atoms with E-state index >= 15 is 0 Å². The summed E-state index contributed by atoms with van der Waals surface area (Å²) in [5.74, 6) is 0. The van der Waals surface area contributed by atoms with Crippen LogP contribution in [0.4, 0.5) is 0 Å². The van der Waals surface area contributed by atoms with Crippen molar-refractivity contribution >= 4 is 0 Å². The van der Waals surface area contributed by atoms with Gasteiger partial charge in [-0.3, -0.25) is 0 Å². The van der Waals surface area contributed by atoms with Crippen LogP contribution in [0.25, 0.3) is 0 Å². The van der Waals surface area contributed by atoms with E-state index in [1.54, 1.807) is 6.26 Å². The lowest BCUT2D eigenvalue weighted by atomic mass is 9.67. The highest BCUT2D eigenvalue weighted by Crippen LogP contribution is 2.47. The van der Waals surface area contributed by atoms with Crippen LogP contribution < -0.4 is 5.32 Å². The average molecular weight is 279 g/mol. The molecule has 0 aromatic carbocycles. The molecule has 0 radical (unpaired) electrons. The molecule has 1 fully saturated rings. The summed E-state index contributed by atoms with van der Waals surface area (Å²) < 4.78 is 11.4. The molecule has 1 aliphatic carbocycles. The van der Waals surface area contributed by atoms with Crippen LogP contribution in [0.15, 0.2) is 23.0 Å². The molecule has 1 aromatic rings. The SMILES string of the molecule is CCCNC(c1ccoc1)C1(OC)CCC(C)(C)CC1. The van der Waals surface area contributed by atoms with Gasteiger partial charge in [-0.1, -0.05) is 20.8 Å². The van der Waals surface area contributed by atoms with Crippen molar-refractivity contribution in [2.24, 2.45) is 5.41 Å². The lowest BCUT2D eigenvalue weighted by Gasteiger charge is -2.47. The van der Waals surface area contributed by atoms with E-state index in [0.29, 0.717) is 5.41 Å². The zero-order valence-corrected chi connectivity index (χ0v) is 13.4. The Bertz CT molecular complexity index is 387. The maximum absolute atomic E-state index is 6.05. The normalized spacial score (nSPS) is 22.6. The minimum Gasteiger partial charge on any atom is -0.472 e. The van der Waals surface area contributed by atoms with Crippen molar-refractivity contribution in [1.29, 1.82) is 0 Å². The molecule has 1 saturated carbocycles. The Morgan fingerprint density at radius 2 is 2.00 bits per heavy atom. The number of rotatable bonds is 6. The van der Waals surface area contributed by atoms with Gasteiger partial charge in [-0.25, -0.2) is 0 Å². The maximum Gasteiger partial charge on any atom is 0.0951 e. The van der Waals surface area contributed by atoms with E-state index in [4.69, 9.17) is 9.15 Å². The minimum atomic E-state index is -0.103. The van der Waals surface area contributed by atoms with Crippen molar-refractivity contribution < 1.29 is 9.15 Å². The Morgan fingerprint density at radius 3 is 2.50 bits per heavy atom. The molecule has 1 heterocycles. The first-order chi connectivity index (χ1) is 9.53. The van der Waals surface area contributed by atoms with Crippen LogP contribution in [0, 0.1) is 5.41 Å². The molecule has 2 rings (SSSR count). The average Bonchev–Trinajstić information content (AvgIpc) is 2.95. The zero-order chi connectivity index (χ0) is 14.6. The number of hydrogen-bond donors (Lipinski definition) is 1. The Balaban J connectivity index is 2.21. The second kappa shape index (κ2) is 6.31. The third-order valence-electron chi connectivity index (χ3n) is 4.86. The molecule has 1 atom stereocenters. The van der Waals surface area contributed by atoms with Crippen LogP contribution in [0.5, 0.6) is 0 Å². The molecule has 0 amide bonds. The minimum absolute atomic E-state index is 0.103. The first-order valence-electron chi connectivity index (χ1n) is 7.84. The largest absolute Gasteiger partial charge is 0.472 e. The Morgan fingerprint density at radius 1 is 1.30 bits per heavy atom. The van der Waals surface area contributed by atoms with Crippen LogP contribution in [-0.4, -0.2) is 19.3 Å². The Labute approximate surface area is 123 Å². The van der Waals surface area contributed by atoms with Crippen LogP contribution in [-0.2, 0) is 4.74 Å². The molecule has 1 unspecified atom stereocenters. The third kappa shape index (κ3) is 3.26. The van der Waals surface area contributed by atoms with Gasteiger partial charge in [0, 0.05) is 12.7 Å². The van der Waals surface area contributed by atoms with Gasteiger partial charge >= 0.3 is 0 Å². The van der Waals surface area contributed by atoms with Crippen molar-refractivity contribution in [2.75, 3.05) is 13.7 Å². The summed E-state index contributed by atoms with van der Waals surface area (Å²) in [5, 5.41) is 3.68. The number of methoxy groups -OCH3 is 1. The Kier molecular flexibility index (Phi) is 4.92. The molecule has 3 nitrogen and oxygen atoms in total. The van der Waals surface area contributed by atoms with Crippen molar-refractivity contribution in [2.45, 2.75) is 64.5 Å². The van der Waals surface area contributed by atoms with Gasteiger partial charge < -0.3 is 14.5 Å². The van der Waals surface area contributed by atoms with E-state index in [9.17, 15) is 0 Å². The van der Waals surface area contributed by atoms with Gasteiger partial charge in [-0.05, 0) is 50.1 Å². The van der Waals surface area contributed by atoms with Gasteiger partial charge in [0.2, 0.25) is 0 Å². The standard InChI is InChI=1S/C17H29NO2/c1-5-11-18-15(14-6-12-20-13-14)17(19-4)9-7-16(2,3)8-10-17/h6,12-13,15,18H,5,7-11H2,1-4H3. The molecule has 3 heteroatoms. The molecular weight excluding hydrogens is 250 g/mol. The highest BCUT2D eigenvalue weighted by Gasteiger charge is 2.44. The van der Waals surface area contributed by atoms with Gasteiger partial charge in [0.05, 0.1) is 24.2 Å². The number of ether oxygens (including phenoxy) is 1. The van der Waals surface area contributed by atoms with Gasteiger partial charge in [0.1, 0.15) is 0 Å². The second-order valence-corrected chi connectivity index (χ2v) is 6.88. The molecule has 1 N–H and O–H groups in total. The predicted molar refractivity (Wildman–Crippen MR) is 81.7 cm³/mol. The van der Waals surface area contributed by atoms with E-state index in [-0.39, 0.29) is 11.6 Å². The summed E-state index contributed by atoms with van der Waals surface area (Å²) in [6.07, 6.45) is 9.36. The summed E-state index contributed by atoms with van der Waals surface area (Å²) in [7, 11) is 1.86. The quantitative estimate of drug-likeness (QED) is 0.842. The summed E-state index contributed by atoms with van der Waals surface area (Å²) in [4.78, 5) is 0. The fourth-order valence-corrected chi connectivity index (χ4v) is 3.30. The zero-order valence-electron chi connectivity index (χ0n) is 13.4. The van der Waals surface area contributed by atoms with Gasteiger partial charge in [0.25, 0.3) is 0 Å². The van der Waals surface area contributed by atoms with Crippen LogP contribution >= 0.6 is 0 Å². The lowest BCUT2D eigenvalue weighted by molar-refractivity contribution is -0.0876. The molecular formula is C17H29NO2. The predicted octanol–water partition coefficient (Wildman–Crippen LogP) is 4.31. The fourth-order valence-electron chi connectivity index (χ4n) is 3.30. The molecule has 114 valence electrons. The van der Waals surface area contributed by atoms with Crippen molar-refractivity contribution in [3.05, 3.63) is 24.2 Å². The first kappa shape index (κ1) is 15.6. The topological polar surface area (TPSA) is 34.4 Å². The Hall–Kier alpha value is -0.800. The molecule has 1 aromatic heterocycles. The van der Waals surface area contributed by atoms with E-state index < -0.39 is 0 Å². The fraction of sp³-hybridized carbons (Fsp3) is 0.765. The van der Waals surface area contributed by atoms with Gasteiger partial charge in [0.15, 0.2) is 0 Å². The monoisotopic (exact) mass is 279 g/mol. The first-order valence-corrected chi connectivity index (χ1v) is 7.84. The van der Waals surface area contributed by atoms with Crippen LogP contribution in [0.1, 0.15) is 64.5 Å². The summed E-state index contributed by atoms with van der Waals surface area (Å²) in [6.45, 7) is 7.92. The van der Waals surface area contributed by atoms with Crippen LogP contribution in [0.3, 0.4) is 0 Å². The highest BCUT2D eigenvalue weighted by molar-refractivity contribution is 5.18. The third-order valence-corrected chi connectivity index (χ3v) is 4.86. The van der Waals surface area contributed by atoms with Gasteiger partial charge in [-0.2, -0.15) is 0 Å². The number of hydrogen-bond acceptors (Lipinski definition) is 3. The summed E-state index contributed by atoms with van der Waals surface area (Å²) in [5.41, 5.74) is 1.54.